The lowest BCUT2D eigenvalue weighted by Crippen LogP contribution is -2.25. The van der Waals surface area contributed by atoms with Crippen LogP contribution in [-0.2, 0) is 0 Å². The van der Waals surface area contributed by atoms with E-state index in [1.165, 1.54) is 4.90 Å². The van der Waals surface area contributed by atoms with E-state index in [-0.39, 0.29) is 36.1 Å². The number of hydrogen-bond donors (Lipinski definition) is 3. The quantitative estimate of drug-likeness (QED) is 0.435. The molecule has 0 bridgehead atoms. The molecule has 2 aromatic heterocycles. The summed E-state index contributed by atoms with van der Waals surface area (Å²) in [5.74, 6) is 2.22. The highest BCUT2D eigenvalue weighted by Crippen LogP contribution is 2.39. The number of anilines is 3. The van der Waals surface area contributed by atoms with Crippen LogP contribution in [0.4, 0.5) is 17.3 Å². The number of nitrogens with one attached hydrogen (secondary N) is 2. The van der Waals surface area contributed by atoms with Crippen molar-refractivity contribution in [2.75, 3.05) is 24.7 Å². The molecule has 9 heteroatoms. The summed E-state index contributed by atoms with van der Waals surface area (Å²) >= 11 is 1.05. The van der Waals surface area contributed by atoms with Crippen molar-refractivity contribution in [2.24, 2.45) is 5.41 Å². The molecule has 1 aromatic carbocycles. The number of hydrogen-bond acceptors (Lipinski definition) is 8. The van der Waals surface area contributed by atoms with Crippen molar-refractivity contribution < 1.29 is 14.3 Å². The zero-order chi connectivity index (χ0) is 22.1. The number of benzene rings is 1. The van der Waals surface area contributed by atoms with Crippen molar-refractivity contribution in [3.8, 4) is 5.75 Å². The molecule has 0 aliphatic heterocycles. The van der Waals surface area contributed by atoms with Crippen LogP contribution < -0.4 is 10.6 Å². The lowest BCUT2D eigenvalue weighted by molar-refractivity contribution is 0.0824. The summed E-state index contributed by atoms with van der Waals surface area (Å²) in [5.41, 5.74) is 0.423. The highest BCUT2D eigenvalue weighted by molar-refractivity contribution is 6.99. The number of aromatic hydroxyl groups is 1. The van der Waals surface area contributed by atoms with Gasteiger partial charge >= 0.3 is 0 Å². The molecule has 0 aliphatic rings. The zero-order valence-corrected chi connectivity index (χ0v) is 18.8. The molecular weight excluding hydrogens is 414 g/mol. The maximum absolute atomic E-state index is 12.3. The Kier molecular flexibility index (Phi) is 7.32. The highest BCUT2D eigenvalue weighted by atomic mass is 32.1. The number of para-hydroxylation sites is 1. The molecule has 0 fully saturated rings. The second-order valence-corrected chi connectivity index (χ2v) is 8.91. The average Bonchev–Trinajstić information content (AvgIpc) is 3.28. The van der Waals surface area contributed by atoms with Gasteiger partial charge in [-0.1, -0.05) is 34.3 Å². The number of phenols is 1. The number of nitrogens with zero attached hydrogens (tertiary/aromatic N) is 3. The first-order valence-electron chi connectivity index (χ1n) is 9.54. The molecule has 3 rings (SSSR count). The molecular formula is C22H31N5O3S. The minimum atomic E-state index is -0.285. The first-order valence-corrected chi connectivity index (χ1v) is 10.3. The Morgan fingerprint density at radius 3 is 2.42 bits per heavy atom. The summed E-state index contributed by atoms with van der Waals surface area (Å²) in [6.07, 6.45) is 0. The molecule has 0 unspecified atom stereocenters. The molecule has 31 heavy (non-hydrogen) atoms. The van der Waals surface area contributed by atoms with Gasteiger partial charge in [0.2, 0.25) is 0 Å². The fourth-order valence-corrected chi connectivity index (χ4v) is 3.49. The monoisotopic (exact) mass is 445 g/mol. The minimum Gasteiger partial charge on any atom is -0.505 e. The minimum absolute atomic E-state index is 0. The van der Waals surface area contributed by atoms with Gasteiger partial charge in [0.15, 0.2) is 17.4 Å². The third-order valence-electron chi connectivity index (χ3n) is 4.61. The molecule has 168 valence electrons. The molecule has 3 N–H and O–H groups in total. The van der Waals surface area contributed by atoms with Gasteiger partial charge in [-0.25, -0.2) is 0 Å². The number of phenolic OH excluding ortho intramolecular Hbond substituents is 1. The Morgan fingerprint density at radius 1 is 1.16 bits per heavy atom. The van der Waals surface area contributed by atoms with Gasteiger partial charge in [0.1, 0.15) is 11.5 Å². The van der Waals surface area contributed by atoms with Crippen LogP contribution in [0.3, 0.4) is 0 Å². The number of aromatic nitrogens is 2. The second-order valence-electron chi connectivity index (χ2n) is 8.38. The zero-order valence-electron chi connectivity index (χ0n) is 18.0. The van der Waals surface area contributed by atoms with E-state index >= 15 is 0 Å². The maximum atomic E-state index is 12.3. The van der Waals surface area contributed by atoms with Crippen LogP contribution in [0.5, 0.6) is 5.75 Å². The predicted molar refractivity (Wildman–Crippen MR) is 125 cm³/mol. The SMILES string of the molecule is C.Cc1ccc([C@H](Nc2nsnc2Nc2cccc(C(=O)N(C)C)c2O)C(C)(C)C)o1. The van der Waals surface area contributed by atoms with Crippen LogP contribution in [0.2, 0.25) is 0 Å². The van der Waals surface area contributed by atoms with Crippen LogP contribution in [-0.4, -0.2) is 38.8 Å². The van der Waals surface area contributed by atoms with Gasteiger partial charge in [-0.2, -0.15) is 8.75 Å². The topological polar surface area (TPSA) is 104 Å². The molecule has 3 aromatic rings. The van der Waals surface area contributed by atoms with Crippen LogP contribution >= 0.6 is 11.7 Å². The molecule has 0 saturated carbocycles. The summed E-state index contributed by atoms with van der Waals surface area (Å²) in [6.45, 7) is 8.23. The van der Waals surface area contributed by atoms with Gasteiger partial charge in [-0.05, 0) is 36.6 Å². The van der Waals surface area contributed by atoms with Crippen molar-refractivity contribution in [2.45, 2.75) is 41.2 Å². The molecule has 0 spiro atoms. The fourth-order valence-electron chi connectivity index (χ4n) is 3.01. The van der Waals surface area contributed by atoms with Crippen molar-refractivity contribution in [1.82, 2.24) is 13.6 Å². The Hall–Kier alpha value is -3.07. The van der Waals surface area contributed by atoms with E-state index in [0.717, 1.165) is 23.2 Å². The van der Waals surface area contributed by atoms with Crippen molar-refractivity contribution >= 4 is 35.0 Å². The number of aryl methyl sites for hydroxylation is 1. The molecule has 1 atom stereocenters. The Bertz CT molecular complexity index is 1040. The summed E-state index contributed by atoms with van der Waals surface area (Å²) in [7, 11) is 3.27. The van der Waals surface area contributed by atoms with E-state index in [1.54, 1.807) is 32.3 Å². The predicted octanol–water partition coefficient (Wildman–Crippen LogP) is 5.43. The van der Waals surface area contributed by atoms with E-state index in [9.17, 15) is 9.90 Å². The van der Waals surface area contributed by atoms with E-state index < -0.39 is 0 Å². The van der Waals surface area contributed by atoms with Crippen LogP contribution in [0.15, 0.2) is 34.7 Å². The van der Waals surface area contributed by atoms with E-state index in [2.05, 4.69) is 40.2 Å². The molecule has 2 heterocycles. The smallest absolute Gasteiger partial charge is 0.257 e. The number of carbonyl (C=O) groups is 1. The van der Waals surface area contributed by atoms with E-state index in [4.69, 9.17) is 4.42 Å². The van der Waals surface area contributed by atoms with Gasteiger partial charge < -0.3 is 25.1 Å². The van der Waals surface area contributed by atoms with Crippen molar-refractivity contribution in [1.29, 1.82) is 0 Å². The molecule has 1 amide bonds. The fraction of sp³-hybridized carbons (Fsp3) is 0.409. The van der Waals surface area contributed by atoms with Crippen LogP contribution in [0.25, 0.3) is 0 Å². The van der Waals surface area contributed by atoms with Gasteiger partial charge in [0, 0.05) is 14.1 Å². The third-order valence-corrected chi connectivity index (χ3v) is 5.14. The highest BCUT2D eigenvalue weighted by Gasteiger charge is 2.30. The van der Waals surface area contributed by atoms with E-state index in [0.29, 0.717) is 17.3 Å². The number of amides is 1. The first kappa shape index (κ1) is 24.2. The first-order chi connectivity index (χ1) is 14.1. The molecule has 8 nitrogen and oxygen atoms in total. The van der Waals surface area contributed by atoms with Gasteiger partial charge in [-0.3, -0.25) is 4.79 Å². The third kappa shape index (κ3) is 5.35. The number of carbonyl (C=O) groups excluding carboxylic acids is 1. The molecule has 0 saturated heterocycles. The second kappa shape index (κ2) is 9.38. The summed E-state index contributed by atoms with van der Waals surface area (Å²) < 4.78 is 14.5. The lowest BCUT2D eigenvalue weighted by atomic mass is 9.85. The maximum Gasteiger partial charge on any atom is 0.257 e. The number of rotatable bonds is 6. The normalized spacial score (nSPS) is 12.1. The summed E-state index contributed by atoms with van der Waals surface area (Å²) in [4.78, 5) is 13.7. The summed E-state index contributed by atoms with van der Waals surface area (Å²) in [5, 5.41) is 17.1. The Labute approximate surface area is 187 Å². The standard InChI is InChI=1S/C21H27N5O3S.CH4/c1-12-10-11-15(29-12)17(21(2,3)4)23-19-18(24-30-25-19)22-14-9-7-8-13(16(14)27)20(28)26(5)6;/h7-11,17,27H,1-6H3,(H,22,24)(H,23,25);1H4/t17-;/m0./s1. The Balaban J connectivity index is 0.00000341. The van der Waals surface area contributed by atoms with Gasteiger partial charge in [0.25, 0.3) is 5.91 Å². The van der Waals surface area contributed by atoms with Gasteiger partial charge in [-0.15, -0.1) is 0 Å². The van der Waals surface area contributed by atoms with Crippen LogP contribution in [0, 0.1) is 12.3 Å². The lowest BCUT2D eigenvalue weighted by Gasteiger charge is -2.30. The van der Waals surface area contributed by atoms with Gasteiger partial charge in [0.05, 0.1) is 29.0 Å². The Morgan fingerprint density at radius 2 is 1.84 bits per heavy atom. The average molecular weight is 446 g/mol. The molecule has 0 radical (unpaired) electrons. The number of furan rings is 1. The molecule has 0 aliphatic carbocycles. The van der Waals surface area contributed by atoms with E-state index in [1.807, 2.05) is 19.1 Å². The van der Waals surface area contributed by atoms with Crippen LogP contribution in [0.1, 0.15) is 56.1 Å². The largest absolute Gasteiger partial charge is 0.505 e. The summed E-state index contributed by atoms with van der Waals surface area (Å²) in [6, 6.07) is 8.70. The van der Waals surface area contributed by atoms with Crippen molar-refractivity contribution in [3.05, 3.63) is 47.4 Å². The van der Waals surface area contributed by atoms with Crippen molar-refractivity contribution in [3.63, 3.8) is 0 Å².